The molecular formula is C20H20ClN3O3. The van der Waals surface area contributed by atoms with Gasteiger partial charge in [0.15, 0.2) is 0 Å². The summed E-state index contributed by atoms with van der Waals surface area (Å²) in [5, 5.41) is 11.1. The molecule has 0 saturated carbocycles. The van der Waals surface area contributed by atoms with Gasteiger partial charge in [0.05, 0.1) is 15.5 Å². The van der Waals surface area contributed by atoms with E-state index in [0.29, 0.717) is 5.56 Å². The number of nitro benzene ring substituents is 1. The molecule has 0 bridgehead atoms. The van der Waals surface area contributed by atoms with E-state index in [1.54, 1.807) is 0 Å². The largest absolute Gasteiger partial charge is 0.306 e. The van der Waals surface area contributed by atoms with Gasteiger partial charge in [0.1, 0.15) is 0 Å². The molecule has 2 atom stereocenters. The van der Waals surface area contributed by atoms with Gasteiger partial charge in [0.2, 0.25) is 0 Å². The van der Waals surface area contributed by atoms with Gasteiger partial charge < -0.3 is 9.80 Å². The average molecular weight is 386 g/mol. The summed E-state index contributed by atoms with van der Waals surface area (Å²) in [6, 6.07) is 10.3. The summed E-state index contributed by atoms with van der Waals surface area (Å²) >= 11 is 6.24. The summed E-state index contributed by atoms with van der Waals surface area (Å²) in [6.45, 7) is 3.88. The molecule has 27 heavy (non-hydrogen) atoms. The number of benzene rings is 2. The Labute approximate surface area is 162 Å². The van der Waals surface area contributed by atoms with Gasteiger partial charge in [-0.3, -0.25) is 14.9 Å². The lowest BCUT2D eigenvalue weighted by atomic mass is 9.88. The standard InChI is InChI=1S/C20H20ClN3O3/c1-12-3-6-18-15(9-12)16-11-22(2)8-7-19(16)23(18)20(25)14-5-4-13(24(26)27)10-17(14)21/h3-6,9-10,16,19H,7-8,11H2,1-2H3/t16-,19-/m1/s1. The molecule has 0 aliphatic carbocycles. The number of rotatable bonds is 2. The minimum atomic E-state index is -0.513. The van der Waals surface area contributed by atoms with Crippen LogP contribution in [0.2, 0.25) is 5.02 Å². The summed E-state index contributed by atoms with van der Waals surface area (Å²) in [5.41, 5.74) is 3.46. The number of carbonyl (C=O) groups excluding carboxylic acids is 1. The first-order valence-corrected chi connectivity index (χ1v) is 9.31. The lowest BCUT2D eigenvalue weighted by molar-refractivity contribution is -0.384. The average Bonchev–Trinajstić information content (AvgIpc) is 2.94. The second-order valence-corrected chi connectivity index (χ2v) is 7.79. The van der Waals surface area contributed by atoms with Crippen molar-refractivity contribution in [2.75, 3.05) is 25.0 Å². The summed E-state index contributed by atoms with van der Waals surface area (Å²) in [6.07, 6.45) is 0.880. The van der Waals surface area contributed by atoms with Crippen LogP contribution in [0, 0.1) is 17.0 Å². The van der Waals surface area contributed by atoms with E-state index in [-0.39, 0.29) is 28.6 Å². The first kappa shape index (κ1) is 17.9. The molecule has 7 heteroatoms. The van der Waals surface area contributed by atoms with Crippen LogP contribution in [0.4, 0.5) is 11.4 Å². The molecule has 1 fully saturated rings. The highest BCUT2D eigenvalue weighted by Crippen LogP contribution is 2.46. The molecule has 1 saturated heterocycles. The summed E-state index contributed by atoms with van der Waals surface area (Å²) in [5.74, 6) is 0.0662. The topological polar surface area (TPSA) is 66.7 Å². The molecule has 2 aromatic rings. The highest BCUT2D eigenvalue weighted by molar-refractivity contribution is 6.34. The van der Waals surface area contributed by atoms with Crippen molar-refractivity contribution in [3.05, 3.63) is 68.2 Å². The molecule has 4 rings (SSSR count). The number of carbonyl (C=O) groups is 1. The van der Waals surface area contributed by atoms with Gasteiger partial charge >= 0.3 is 0 Å². The predicted molar refractivity (Wildman–Crippen MR) is 105 cm³/mol. The number of non-ortho nitro benzene ring substituents is 1. The van der Waals surface area contributed by atoms with E-state index >= 15 is 0 Å². The Bertz CT molecular complexity index is 946. The van der Waals surface area contributed by atoms with Gasteiger partial charge in [0, 0.05) is 36.3 Å². The molecule has 2 heterocycles. The Balaban J connectivity index is 1.77. The van der Waals surface area contributed by atoms with Crippen LogP contribution in [-0.2, 0) is 0 Å². The van der Waals surface area contributed by atoms with Crippen LogP contribution in [0.1, 0.15) is 33.8 Å². The van der Waals surface area contributed by atoms with Crippen LogP contribution in [0.15, 0.2) is 36.4 Å². The zero-order valence-corrected chi connectivity index (χ0v) is 15.9. The van der Waals surface area contributed by atoms with Crippen molar-refractivity contribution in [1.29, 1.82) is 0 Å². The Morgan fingerprint density at radius 3 is 2.74 bits per heavy atom. The van der Waals surface area contributed by atoms with Crippen molar-refractivity contribution in [1.82, 2.24) is 4.90 Å². The lowest BCUT2D eigenvalue weighted by Gasteiger charge is -2.36. The maximum Gasteiger partial charge on any atom is 0.270 e. The van der Waals surface area contributed by atoms with Crippen LogP contribution in [0.3, 0.4) is 0 Å². The number of amides is 1. The van der Waals surface area contributed by atoms with E-state index in [0.717, 1.165) is 25.2 Å². The van der Waals surface area contributed by atoms with Crippen molar-refractivity contribution in [2.24, 2.45) is 0 Å². The first-order chi connectivity index (χ1) is 12.9. The van der Waals surface area contributed by atoms with Crippen LogP contribution in [-0.4, -0.2) is 41.9 Å². The van der Waals surface area contributed by atoms with E-state index in [9.17, 15) is 14.9 Å². The number of likely N-dealkylation sites (N-methyl/N-ethyl adjacent to an activating group) is 1. The van der Waals surface area contributed by atoms with Gasteiger partial charge in [-0.25, -0.2) is 0 Å². The molecule has 2 aliphatic heterocycles. The number of aryl methyl sites for hydroxylation is 1. The number of hydrogen-bond acceptors (Lipinski definition) is 4. The Morgan fingerprint density at radius 1 is 1.26 bits per heavy atom. The van der Waals surface area contributed by atoms with Crippen LogP contribution < -0.4 is 4.90 Å². The highest BCUT2D eigenvalue weighted by Gasteiger charge is 2.44. The first-order valence-electron chi connectivity index (χ1n) is 8.93. The molecule has 0 aromatic heterocycles. The maximum absolute atomic E-state index is 13.4. The van der Waals surface area contributed by atoms with Gasteiger partial charge in [-0.15, -0.1) is 0 Å². The number of anilines is 1. The van der Waals surface area contributed by atoms with Crippen LogP contribution >= 0.6 is 11.6 Å². The molecule has 6 nitrogen and oxygen atoms in total. The number of nitrogens with zero attached hydrogens (tertiary/aromatic N) is 3. The Kier molecular flexibility index (Phi) is 4.40. The molecule has 2 aromatic carbocycles. The molecule has 0 N–H and O–H groups in total. The monoisotopic (exact) mass is 385 g/mol. The van der Waals surface area contributed by atoms with Crippen LogP contribution in [0.5, 0.6) is 0 Å². The fourth-order valence-corrected chi connectivity index (χ4v) is 4.52. The van der Waals surface area contributed by atoms with Crippen molar-refractivity contribution in [3.8, 4) is 0 Å². The van der Waals surface area contributed by atoms with E-state index in [2.05, 4.69) is 24.9 Å². The number of piperidine rings is 1. The second-order valence-electron chi connectivity index (χ2n) is 7.38. The molecule has 0 radical (unpaired) electrons. The SMILES string of the molecule is Cc1ccc2c(c1)[C@H]1CN(C)CC[C@H]1N2C(=O)c1ccc([N+](=O)[O-])cc1Cl. The second kappa shape index (κ2) is 6.62. The summed E-state index contributed by atoms with van der Waals surface area (Å²) in [4.78, 5) is 28.0. The Hall–Kier alpha value is -2.44. The number of hydrogen-bond donors (Lipinski definition) is 0. The van der Waals surface area contributed by atoms with Gasteiger partial charge in [-0.2, -0.15) is 0 Å². The van der Waals surface area contributed by atoms with Crippen LogP contribution in [0.25, 0.3) is 0 Å². The number of nitro groups is 1. The number of fused-ring (bicyclic) bond motifs is 3. The molecule has 1 amide bonds. The Morgan fingerprint density at radius 2 is 2.04 bits per heavy atom. The fourth-order valence-electron chi connectivity index (χ4n) is 4.27. The fraction of sp³-hybridized carbons (Fsp3) is 0.350. The van der Waals surface area contributed by atoms with E-state index < -0.39 is 4.92 Å². The van der Waals surface area contributed by atoms with Crippen molar-refractivity contribution >= 4 is 28.9 Å². The zero-order chi connectivity index (χ0) is 19.3. The quantitative estimate of drug-likeness (QED) is 0.578. The third-order valence-electron chi connectivity index (χ3n) is 5.57. The van der Waals surface area contributed by atoms with Gasteiger partial charge in [0.25, 0.3) is 11.6 Å². The minimum Gasteiger partial charge on any atom is -0.306 e. The van der Waals surface area contributed by atoms with Crippen molar-refractivity contribution < 1.29 is 9.72 Å². The normalized spacial score (nSPS) is 21.7. The molecule has 0 spiro atoms. The highest BCUT2D eigenvalue weighted by atomic mass is 35.5. The summed E-state index contributed by atoms with van der Waals surface area (Å²) in [7, 11) is 2.10. The smallest absolute Gasteiger partial charge is 0.270 e. The van der Waals surface area contributed by atoms with E-state index in [4.69, 9.17) is 11.6 Å². The van der Waals surface area contributed by atoms with Gasteiger partial charge in [-0.05, 0) is 44.6 Å². The van der Waals surface area contributed by atoms with E-state index in [1.807, 2.05) is 17.0 Å². The molecule has 0 unspecified atom stereocenters. The third-order valence-corrected chi connectivity index (χ3v) is 5.88. The van der Waals surface area contributed by atoms with Gasteiger partial charge in [-0.1, -0.05) is 29.3 Å². The molecular weight excluding hydrogens is 366 g/mol. The van der Waals surface area contributed by atoms with Crippen molar-refractivity contribution in [2.45, 2.75) is 25.3 Å². The third kappa shape index (κ3) is 2.99. The molecule has 140 valence electrons. The summed E-state index contributed by atoms with van der Waals surface area (Å²) < 4.78 is 0. The van der Waals surface area contributed by atoms with Crippen molar-refractivity contribution in [3.63, 3.8) is 0 Å². The lowest BCUT2D eigenvalue weighted by Crippen LogP contribution is -2.47. The zero-order valence-electron chi connectivity index (χ0n) is 15.2. The maximum atomic E-state index is 13.4. The van der Waals surface area contributed by atoms with E-state index in [1.165, 1.54) is 29.3 Å². The molecule has 2 aliphatic rings. The number of halogens is 1. The number of likely N-dealkylation sites (tertiary alicyclic amines) is 1. The minimum absolute atomic E-state index is 0.0803. The predicted octanol–water partition coefficient (Wildman–Crippen LogP) is 4.00.